The number of fused-ring (bicyclic) bond motifs is 1. The fourth-order valence-corrected chi connectivity index (χ4v) is 1.70. The number of halogens is 2. The normalized spacial score (nSPS) is 12.9. The second kappa shape index (κ2) is 4.40. The van der Waals surface area contributed by atoms with Crippen LogP contribution in [0.3, 0.4) is 0 Å². The van der Waals surface area contributed by atoms with Crippen molar-refractivity contribution in [2.75, 3.05) is 5.33 Å². The van der Waals surface area contributed by atoms with Crippen LogP contribution in [0.4, 0.5) is 0 Å². The van der Waals surface area contributed by atoms with Gasteiger partial charge in [-0.2, -0.15) is 4.68 Å². The minimum atomic E-state index is -0.289. The maximum Gasteiger partial charge on any atom is 0.263 e. The van der Waals surface area contributed by atoms with Crippen LogP contribution in [-0.4, -0.2) is 31.1 Å². The Morgan fingerprint density at radius 3 is 2.93 bits per heavy atom. The van der Waals surface area contributed by atoms with Crippen molar-refractivity contribution in [2.24, 2.45) is 0 Å². The Kier molecular flexibility index (Phi) is 3.16. The van der Waals surface area contributed by atoms with E-state index in [1.807, 2.05) is 24.3 Å². The molecule has 4 nitrogen and oxygen atoms in total. The van der Waals surface area contributed by atoms with E-state index in [0.717, 1.165) is 11.0 Å². The summed E-state index contributed by atoms with van der Waals surface area (Å²) in [6.45, 7) is 0. The van der Waals surface area contributed by atoms with Gasteiger partial charge in [0, 0.05) is 5.33 Å². The third kappa shape index (κ3) is 1.96. The van der Waals surface area contributed by atoms with Gasteiger partial charge in [0.1, 0.15) is 10.3 Å². The second-order valence-electron chi connectivity index (χ2n) is 2.95. The number of carbonyl (C=O) groups excluding carboxylic acids is 1. The van der Waals surface area contributed by atoms with E-state index in [0.29, 0.717) is 5.33 Å². The van der Waals surface area contributed by atoms with Crippen molar-refractivity contribution in [2.45, 2.75) is 4.83 Å². The number of aromatic nitrogens is 3. The largest absolute Gasteiger partial charge is 0.271 e. The molecule has 0 unspecified atom stereocenters. The van der Waals surface area contributed by atoms with Gasteiger partial charge in [-0.3, -0.25) is 4.79 Å². The van der Waals surface area contributed by atoms with Gasteiger partial charge in [-0.25, -0.2) is 0 Å². The lowest BCUT2D eigenvalue weighted by atomic mass is 10.3. The molecule has 0 saturated carbocycles. The van der Waals surface area contributed by atoms with Crippen LogP contribution in [0.1, 0.15) is 4.79 Å². The smallest absolute Gasteiger partial charge is 0.263 e. The summed E-state index contributed by atoms with van der Waals surface area (Å²) in [7, 11) is 0. The second-order valence-corrected chi connectivity index (χ2v) is 4.70. The van der Waals surface area contributed by atoms with Gasteiger partial charge in [0.2, 0.25) is 0 Å². The number of benzene rings is 1. The number of nitrogens with zero attached hydrogens (tertiary/aromatic N) is 3. The highest BCUT2D eigenvalue weighted by molar-refractivity contribution is 9.12. The zero-order chi connectivity index (χ0) is 10.8. The quantitative estimate of drug-likeness (QED) is 0.792. The SMILES string of the molecule is O=C([C@H](Br)CBr)n1nnc2ccccc21. The summed E-state index contributed by atoms with van der Waals surface area (Å²) >= 11 is 6.50. The fourth-order valence-electron chi connectivity index (χ4n) is 1.23. The summed E-state index contributed by atoms with van der Waals surface area (Å²) < 4.78 is 1.32. The maximum absolute atomic E-state index is 11.8. The summed E-state index contributed by atoms with van der Waals surface area (Å²) in [5.41, 5.74) is 1.45. The van der Waals surface area contributed by atoms with Gasteiger partial charge in [-0.1, -0.05) is 49.2 Å². The monoisotopic (exact) mass is 331 g/mol. The number of hydrogen-bond donors (Lipinski definition) is 0. The number of alkyl halides is 2. The van der Waals surface area contributed by atoms with Gasteiger partial charge in [0.15, 0.2) is 0 Å². The fraction of sp³-hybridized carbons (Fsp3) is 0.222. The molecular formula is C9H7Br2N3O. The van der Waals surface area contributed by atoms with Crippen LogP contribution >= 0.6 is 31.9 Å². The zero-order valence-electron chi connectivity index (χ0n) is 7.60. The van der Waals surface area contributed by atoms with Crippen LogP contribution in [0.15, 0.2) is 24.3 Å². The molecule has 0 aliphatic rings. The molecule has 15 heavy (non-hydrogen) atoms. The number of para-hydroxylation sites is 1. The Bertz CT molecular complexity index is 497. The highest BCUT2D eigenvalue weighted by Gasteiger charge is 2.18. The van der Waals surface area contributed by atoms with E-state index in [9.17, 15) is 4.79 Å². The predicted molar refractivity (Wildman–Crippen MR) is 64.7 cm³/mol. The zero-order valence-corrected chi connectivity index (χ0v) is 10.8. The van der Waals surface area contributed by atoms with E-state index in [1.54, 1.807) is 0 Å². The van der Waals surface area contributed by atoms with Gasteiger partial charge >= 0.3 is 0 Å². The van der Waals surface area contributed by atoms with Gasteiger partial charge < -0.3 is 0 Å². The topological polar surface area (TPSA) is 47.8 Å². The Morgan fingerprint density at radius 2 is 2.20 bits per heavy atom. The molecule has 0 N–H and O–H groups in total. The third-order valence-corrected chi connectivity index (χ3v) is 4.20. The molecule has 0 bridgehead atoms. The molecule has 1 aromatic heterocycles. The molecule has 1 atom stereocenters. The molecule has 0 aliphatic heterocycles. The van der Waals surface area contributed by atoms with Crippen LogP contribution in [0.25, 0.3) is 11.0 Å². The van der Waals surface area contributed by atoms with E-state index >= 15 is 0 Å². The Balaban J connectivity index is 2.48. The predicted octanol–water partition coefficient (Wildman–Crippen LogP) is 2.23. The van der Waals surface area contributed by atoms with E-state index in [4.69, 9.17) is 0 Å². The van der Waals surface area contributed by atoms with E-state index in [-0.39, 0.29) is 10.7 Å². The molecule has 0 radical (unpaired) electrons. The van der Waals surface area contributed by atoms with Gasteiger partial charge in [0.25, 0.3) is 5.91 Å². The Labute approximate surface area is 103 Å². The summed E-state index contributed by atoms with van der Waals surface area (Å²) in [6.07, 6.45) is 0. The molecule has 0 aliphatic carbocycles. The molecule has 0 spiro atoms. The van der Waals surface area contributed by atoms with Crippen molar-refractivity contribution in [1.29, 1.82) is 0 Å². The van der Waals surface area contributed by atoms with Crippen molar-refractivity contribution in [3.8, 4) is 0 Å². The molecule has 2 aromatic rings. The van der Waals surface area contributed by atoms with Gasteiger partial charge in [-0.05, 0) is 12.1 Å². The van der Waals surface area contributed by atoms with Gasteiger partial charge in [-0.15, -0.1) is 5.10 Å². The van der Waals surface area contributed by atoms with Crippen molar-refractivity contribution in [1.82, 2.24) is 15.0 Å². The first-order valence-electron chi connectivity index (χ1n) is 4.28. The van der Waals surface area contributed by atoms with E-state index in [2.05, 4.69) is 42.2 Å². The Hall–Kier alpha value is -0.750. The lowest BCUT2D eigenvalue weighted by molar-refractivity contribution is 0.0906. The lowest BCUT2D eigenvalue weighted by Crippen LogP contribution is -2.23. The summed E-state index contributed by atoms with van der Waals surface area (Å²) in [6, 6.07) is 7.36. The van der Waals surface area contributed by atoms with Crippen LogP contribution in [0, 0.1) is 0 Å². The van der Waals surface area contributed by atoms with E-state index in [1.165, 1.54) is 4.68 Å². The highest BCUT2D eigenvalue weighted by Crippen LogP contribution is 2.13. The van der Waals surface area contributed by atoms with Crippen LogP contribution in [0.5, 0.6) is 0 Å². The van der Waals surface area contributed by atoms with Crippen molar-refractivity contribution in [3.05, 3.63) is 24.3 Å². The number of rotatable bonds is 2. The molecule has 1 aromatic carbocycles. The number of hydrogen-bond acceptors (Lipinski definition) is 3. The number of carbonyl (C=O) groups is 1. The molecule has 78 valence electrons. The summed E-state index contributed by atoms with van der Waals surface area (Å²) in [5.74, 6) is -0.124. The molecule has 0 fully saturated rings. The maximum atomic E-state index is 11.8. The van der Waals surface area contributed by atoms with Crippen molar-refractivity contribution < 1.29 is 4.79 Å². The van der Waals surface area contributed by atoms with E-state index < -0.39 is 0 Å². The average molecular weight is 333 g/mol. The van der Waals surface area contributed by atoms with Crippen LogP contribution < -0.4 is 0 Å². The highest BCUT2D eigenvalue weighted by atomic mass is 79.9. The first-order valence-corrected chi connectivity index (χ1v) is 6.32. The van der Waals surface area contributed by atoms with Crippen molar-refractivity contribution >= 4 is 48.8 Å². The summed E-state index contributed by atoms with van der Waals surface area (Å²) in [5, 5.41) is 8.28. The minimum Gasteiger partial charge on any atom is -0.271 e. The van der Waals surface area contributed by atoms with Crippen LogP contribution in [0.2, 0.25) is 0 Å². The summed E-state index contributed by atoms with van der Waals surface area (Å²) in [4.78, 5) is 11.5. The average Bonchev–Trinajstić information content (AvgIpc) is 2.70. The molecule has 1 heterocycles. The molecule has 6 heteroatoms. The Morgan fingerprint density at radius 1 is 1.47 bits per heavy atom. The van der Waals surface area contributed by atoms with Gasteiger partial charge in [0.05, 0.1) is 5.52 Å². The first-order chi connectivity index (χ1) is 7.24. The first kappa shape index (κ1) is 10.8. The molecule has 0 saturated heterocycles. The molecule has 2 rings (SSSR count). The third-order valence-electron chi connectivity index (χ3n) is 1.96. The minimum absolute atomic E-state index is 0.124. The lowest BCUT2D eigenvalue weighted by Gasteiger charge is -2.04. The van der Waals surface area contributed by atoms with Crippen LogP contribution in [-0.2, 0) is 0 Å². The molecule has 0 amide bonds. The van der Waals surface area contributed by atoms with Crippen molar-refractivity contribution in [3.63, 3.8) is 0 Å². The molecular weight excluding hydrogens is 326 g/mol. The standard InChI is InChI=1S/C9H7Br2N3O/c10-5-6(11)9(15)14-8-4-2-1-3-7(8)12-13-14/h1-4,6H,5H2/t6-/m1/s1.